The van der Waals surface area contributed by atoms with Gasteiger partial charge < -0.3 is 20.3 Å². The van der Waals surface area contributed by atoms with Crippen molar-refractivity contribution in [2.45, 2.75) is 38.0 Å². The van der Waals surface area contributed by atoms with Crippen LogP contribution in [-0.2, 0) is 14.6 Å². The van der Waals surface area contributed by atoms with Gasteiger partial charge in [-0.15, -0.1) is 0 Å². The van der Waals surface area contributed by atoms with Crippen LogP contribution in [0.1, 0.15) is 19.8 Å². The fourth-order valence-corrected chi connectivity index (χ4v) is 3.77. The van der Waals surface area contributed by atoms with E-state index in [1.54, 1.807) is 0 Å². The number of carboxylic acids is 1. The number of hydrogen-bond acceptors (Lipinski definition) is 5. The molecule has 1 saturated heterocycles. The van der Waals surface area contributed by atoms with E-state index in [0.29, 0.717) is 12.8 Å². The van der Waals surface area contributed by atoms with Crippen LogP contribution >= 0.6 is 0 Å². The fraction of sp³-hybridized carbons (Fsp3) is 0.889. The average Bonchev–Trinajstić information content (AvgIpc) is 2.38. The van der Waals surface area contributed by atoms with E-state index in [2.05, 4.69) is 0 Å². The van der Waals surface area contributed by atoms with E-state index in [1.165, 1.54) is 5.32 Å². The first-order valence-electron chi connectivity index (χ1n) is 5.30. The summed E-state index contributed by atoms with van der Waals surface area (Å²) >= 11 is 0. The smallest absolute Gasteiger partial charge is 0.159 e. The van der Waals surface area contributed by atoms with Crippen LogP contribution in [0.15, 0.2) is 0 Å². The van der Waals surface area contributed by atoms with Gasteiger partial charge in [0.1, 0.15) is 23.9 Å². The third-order valence-electron chi connectivity index (χ3n) is 2.75. The third kappa shape index (κ3) is 3.43. The number of rotatable bonds is 5. The van der Waals surface area contributed by atoms with Crippen molar-refractivity contribution in [2.75, 3.05) is 11.5 Å². The van der Waals surface area contributed by atoms with Gasteiger partial charge in [0, 0.05) is 6.42 Å². The Labute approximate surface area is 94.6 Å². The maximum absolute atomic E-state index is 11.2. The summed E-state index contributed by atoms with van der Waals surface area (Å²) in [5.74, 6) is -1.65. The number of carbonyl (C=O) groups excluding carboxylic acids is 1. The van der Waals surface area contributed by atoms with E-state index in [0.717, 1.165) is 0 Å². The summed E-state index contributed by atoms with van der Waals surface area (Å²) < 4.78 is 22.4. The van der Waals surface area contributed by atoms with E-state index in [9.17, 15) is 23.4 Å². The fourth-order valence-electron chi connectivity index (χ4n) is 1.94. The number of quaternary nitrogens is 1. The zero-order chi connectivity index (χ0) is 12.3. The van der Waals surface area contributed by atoms with E-state index < -0.39 is 34.0 Å². The first-order chi connectivity index (χ1) is 7.35. The molecule has 3 N–H and O–H groups in total. The second-order valence-corrected chi connectivity index (χ2v) is 6.37. The van der Waals surface area contributed by atoms with Crippen LogP contribution in [0.3, 0.4) is 0 Å². The van der Waals surface area contributed by atoms with Crippen LogP contribution < -0.4 is 10.4 Å². The summed E-state index contributed by atoms with van der Waals surface area (Å²) in [6, 6.07) is -1.36. The maximum Gasteiger partial charge on any atom is 0.159 e. The molecule has 0 aliphatic carbocycles. The molecule has 7 heteroatoms. The molecular weight excluding hydrogens is 234 g/mol. The summed E-state index contributed by atoms with van der Waals surface area (Å²) in [5.41, 5.74) is 0. The van der Waals surface area contributed by atoms with Crippen molar-refractivity contribution in [3.05, 3.63) is 0 Å². The summed E-state index contributed by atoms with van der Waals surface area (Å²) in [5, 5.41) is 21.7. The molecule has 1 aliphatic rings. The Kier molecular flexibility index (Phi) is 4.28. The van der Waals surface area contributed by atoms with Gasteiger partial charge in [-0.1, -0.05) is 13.3 Å². The molecule has 1 heterocycles. The van der Waals surface area contributed by atoms with Crippen molar-refractivity contribution < 1.29 is 28.7 Å². The Morgan fingerprint density at radius 1 is 1.56 bits per heavy atom. The minimum Gasteiger partial charge on any atom is -0.544 e. The Bertz CT molecular complexity index is 353. The molecule has 6 nitrogen and oxygen atoms in total. The predicted molar refractivity (Wildman–Crippen MR) is 54.1 cm³/mol. The molecule has 0 spiro atoms. The van der Waals surface area contributed by atoms with Gasteiger partial charge in [0.05, 0.1) is 11.7 Å². The molecule has 0 saturated carbocycles. The molecular formula is C9H17NO5S. The van der Waals surface area contributed by atoms with Crippen molar-refractivity contribution >= 4 is 15.8 Å². The van der Waals surface area contributed by atoms with Crippen LogP contribution in [0.4, 0.5) is 0 Å². The lowest BCUT2D eigenvalue weighted by Crippen LogP contribution is -2.99. The molecule has 1 aliphatic heterocycles. The lowest BCUT2D eigenvalue weighted by Gasteiger charge is -2.21. The number of hydrogen-bond donors (Lipinski definition) is 2. The SMILES string of the molecule is CCC[C@@H]([NH2+][C@@H]1CS(=O)(=O)C[C@H]1O)C(=O)[O-]. The largest absolute Gasteiger partial charge is 0.544 e. The van der Waals surface area contributed by atoms with E-state index in [1.807, 2.05) is 6.92 Å². The van der Waals surface area contributed by atoms with Crippen LogP contribution in [0.25, 0.3) is 0 Å². The summed E-state index contributed by atoms with van der Waals surface area (Å²) in [4.78, 5) is 10.8. The molecule has 0 aromatic carbocycles. The van der Waals surface area contributed by atoms with Gasteiger partial charge in [-0.3, -0.25) is 0 Å². The van der Waals surface area contributed by atoms with E-state index in [4.69, 9.17) is 0 Å². The maximum atomic E-state index is 11.2. The van der Waals surface area contributed by atoms with Gasteiger partial charge in [0.2, 0.25) is 0 Å². The highest BCUT2D eigenvalue weighted by molar-refractivity contribution is 7.91. The Morgan fingerprint density at radius 3 is 2.56 bits per heavy atom. The van der Waals surface area contributed by atoms with Crippen molar-refractivity contribution in [1.29, 1.82) is 0 Å². The van der Waals surface area contributed by atoms with Gasteiger partial charge in [-0.05, 0) is 0 Å². The van der Waals surface area contributed by atoms with Crippen LogP contribution in [-0.4, -0.2) is 49.2 Å². The van der Waals surface area contributed by atoms with Crippen molar-refractivity contribution in [3.8, 4) is 0 Å². The highest BCUT2D eigenvalue weighted by Gasteiger charge is 2.40. The minimum atomic E-state index is -3.23. The monoisotopic (exact) mass is 251 g/mol. The Balaban J connectivity index is 2.62. The van der Waals surface area contributed by atoms with Gasteiger partial charge in [-0.2, -0.15) is 0 Å². The number of carboxylic acid groups (broad SMARTS) is 1. The molecule has 94 valence electrons. The normalized spacial score (nSPS) is 30.1. The second-order valence-electron chi connectivity index (χ2n) is 4.21. The summed E-state index contributed by atoms with van der Waals surface area (Å²) in [7, 11) is -3.23. The predicted octanol–water partition coefficient (Wildman–Crippen LogP) is -3.37. The van der Waals surface area contributed by atoms with Crippen molar-refractivity contribution in [3.63, 3.8) is 0 Å². The standard InChI is InChI=1S/C9H17NO5S/c1-2-3-6(9(12)13)10-7-4-16(14,15)5-8(7)11/h6-8,10-11H,2-5H2,1H3,(H,12,13)/t6-,7-,8-/m1/s1. The molecule has 0 unspecified atom stereocenters. The molecule has 1 fully saturated rings. The number of sulfone groups is 1. The number of aliphatic hydroxyl groups is 1. The second kappa shape index (κ2) is 5.11. The quantitative estimate of drug-likeness (QED) is 0.530. The Hall–Kier alpha value is -0.660. The third-order valence-corrected chi connectivity index (χ3v) is 4.49. The van der Waals surface area contributed by atoms with E-state index >= 15 is 0 Å². The number of carbonyl (C=O) groups is 1. The van der Waals surface area contributed by atoms with Gasteiger partial charge >= 0.3 is 0 Å². The van der Waals surface area contributed by atoms with Crippen molar-refractivity contribution in [2.24, 2.45) is 0 Å². The van der Waals surface area contributed by atoms with Crippen LogP contribution in [0, 0.1) is 0 Å². The molecule has 0 aromatic heterocycles. The zero-order valence-electron chi connectivity index (χ0n) is 9.13. The van der Waals surface area contributed by atoms with Crippen LogP contribution in [0.5, 0.6) is 0 Å². The summed E-state index contributed by atoms with van der Waals surface area (Å²) in [6.07, 6.45) is 0.0970. The lowest BCUT2D eigenvalue weighted by molar-refractivity contribution is -0.716. The summed E-state index contributed by atoms with van der Waals surface area (Å²) in [6.45, 7) is 1.84. The average molecular weight is 251 g/mol. The molecule has 0 aromatic rings. The van der Waals surface area contributed by atoms with Gasteiger partial charge in [0.15, 0.2) is 9.84 Å². The minimum absolute atomic E-state index is 0.165. The topological polar surface area (TPSA) is 111 Å². The number of aliphatic carboxylic acids is 1. The molecule has 1 rings (SSSR count). The highest BCUT2D eigenvalue weighted by atomic mass is 32.2. The number of nitrogens with two attached hydrogens (primary N) is 1. The zero-order valence-corrected chi connectivity index (χ0v) is 9.94. The molecule has 16 heavy (non-hydrogen) atoms. The van der Waals surface area contributed by atoms with Gasteiger partial charge in [0.25, 0.3) is 0 Å². The van der Waals surface area contributed by atoms with E-state index in [-0.39, 0.29) is 11.5 Å². The Morgan fingerprint density at radius 2 is 2.19 bits per heavy atom. The molecule has 0 bridgehead atoms. The lowest BCUT2D eigenvalue weighted by atomic mass is 10.1. The highest BCUT2D eigenvalue weighted by Crippen LogP contribution is 2.09. The van der Waals surface area contributed by atoms with Crippen LogP contribution in [0.2, 0.25) is 0 Å². The van der Waals surface area contributed by atoms with Gasteiger partial charge in [-0.25, -0.2) is 8.42 Å². The first kappa shape index (κ1) is 13.4. The first-order valence-corrected chi connectivity index (χ1v) is 7.12. The molecule has 0 amide bonds. The molecule has 3 atom stereocenters. The number of aliphatic hydroxyl groups excluding tert-OH is 1. The van der Waals surface area contributed by atoms with Crippen molar-refractivity contribution in [1.82, 2.24) is 0 Å². The molecule has 0 radical (unpaired) electrons.